The number of carboxylic acids is 2. The van der Waals surface area contributed by atoms with Gasteiger partial charge in [-0.05, 0) is 12.8 Å². The van der Waals surface area contributed by atoms with Gasteiger partial charge < -0.3 is 24.7 Å². The van der Waals surface area contributed by atoms with E-state index < -0.39 is 49.9 Å². The van der Waals surface area contributed by atoms with Crippen LogP contribution in [0, 0.1) is 5.92 Å². The van der Waals surface area contributed by atoms with Crippen molar-refractivity contribution in [3.8, 4) is 0 Å². The largest absolute Gasteiger partial charge is 0.481 e. The van der Waals surface area contributed by atoms with Crippen molar-refractivity contribution in [2.75, 3.05) is 6.61 Å². The summed E-state index contributed by atoms with van der Waals surface area (Å²) in [4.78, 5) is 51.7. The zero-order valence-corrected chi connectivity index (χ0v) is 12.4. The molecule has 0 heterocycles. The van der Waals surface area contributed by atoms with E-state index >= 15 is 0 Å². The molecule has 0 amide bonds. The molecule has 0 rings (SSSR count). The SMILES string of the molecule is CCCCOC(=O)C(C(CCC(=O)O)C(=O)O)P(=O)(O)O. The fourth-order valence-electron chi connectivity index (χ4n) is 1.63. The maximum atomic E-state index is 11.7. The van der Waals surface area contributed by atoms with E-state index in [-0.39, 0.29) is 6.61 Å². The molecule has 0 spiro atoms. The third-order valence-corrected chi connectivity index (χ3v) is 4.01. The van der Waals surface area contributed by atoms with Gasteiger partial charge in [-0.15, -0.1) is 0 Å². The van der Waals surface area contributed by atoms with E-state index in [1.165, 1.54) is 0 Å². The van der Waals surface area contributed by atoms with Crippen LogP contribution in [0.15, 0.2) is 0 Å². The van der Waals surface area contributed by atoms with Gasteiger partial charge in [0.1, 0.15) is 0 Å². The third-order valence-electron chi connectivity index (χ3n) is 2.71. The number of ether oxygens (including phenoxy) is 1. The van der Waals surface area contributed by atoms with Crippen LogP contribution in [-0.4, -0.2) is 50.2 Å². The van der Waals surface area contributed by atoms with Crippen molar-refractivity contribution in [3.63, 3.8) is 0 Å². The number of unbranched alkanes of at least 4 members (excludes halogenated alkanes) is 1. The molecule has 0 aliphatic rings. The van der Waals surface area contributed by atoms with Gasteiger partial charge in [0.15, 0.2) is 5.66 Å². The van der Waals surface area contributed by atoms with E-state index in [2.05, 4.69) is 4.74 Å². The number of carbonyl (C=O) groups excluding carboxylic acids is 1. The number of carbonyl (C=O) groups is 3. The fourth-order valence-corrected chi connectivity index (χ4v) is 2.73. The smallest absolute Gasteiger partial charge is 0.340 e. The van der Waals surface area contributed by atoms with Crippen LogP contribution in [0.1, 0.15) is 32.6 Å². The molecule has 122 valence electrons. The molecule has 0 aromatic carbocycles. The molecule has 0 aromatic heterocycles. The summed E-state index contributed by atoms with van der Waals surface area (Å²) in [6.45, 7) is 1.72. The van der Waals surface area contributed by atoms with Crippen molar-refractivity contribution in [2.45, 2.75) is 38.3 Å². The lowest BCUT2D eigenvalue weighted by Crippen LogP contribution is -2.36. The molecule has 2 atom stereocenters. The van der Waals surface area contributed by atoms with E-state index in [9.17, 15) is 28.7 Å². The number of rotatable bonds is 10. The second-order valence-electron chi connectivity index (χ2n) is 4.43. The predicted octanol–water partition coefficient (Wildman–Crippen LogP) is 0.442. The molecule has 0 aromatic rings. The lowest BCUT2D eigenvalue weighted by Gasteiger charge is -2.22. The standard InChI is InChI=1S/C11H19O9P/c1-2-3-6-20-11(16)9(21(17,18)19)7(10(14)15)4-5-8(12)13/h7,9H,2-6H2,1H3,(H,12,13)(H,14,15)(H2,17,18,19). The van der Waals surface area contributed by atoms with Crippen LogP contribution in [-0.2, 0) is 23.7 Å². The molecule has 0 aliphatic carbocycles. The van der Waals surface area contributed by atoms with Gasteiger partial charge in [0, 0.05) is 6.42 Å². The quantitative estimate of drug-likeness (QED) is 0.254. The molecule has 0 bridgehead atoms. The van der Waals surface area contributed by atoms with E-state index in [4.69, 9.17) is 10.2 Å². The van der Waals surface area contributed by atoms with Gasteiger partial charge in [0.05, 0.1) is 12.5 Å². The zero-order valence-electron chi connectivity index (χ0n) is 11.5. The molecule has 0 saturated heterocycles. The molecule has 9 nitrogen and oxygen atoms in total. The van der Waals surface area contributed by atoms with Crippen molar-refractivity contribution in [1.29, 1.82) is 0 Å². The van der Waals surface area contributed by atoms with Crippen LogP contribution < -0.4 is 0 Å². The van der Waals surface area contributed by atoms with Crippen LogP contribution in [0.3, 0.4) is 0 Å². The van der Waals surface area contributed by atoms with Gasteiger partial charge >= 0.3 is 25.5 Å². The minimum atomic E-state index is -5.10. The molecule has 2 unspecified atom stereocenters. The second kappa shape index (κ2) is 8.76. The molecular formula is C11H19O9P. The van der Waals surface area contributed by atoms with Crippen LogP contribution in [0.2, 0.25) is 0 Å². The number of hydrogen-bond donors (Lipinski definition) is 4. The molecule has 4 N–H and O–H groups in total. The second-order valence-corrected chi connectivity index (χ2v) is 6.17. The van der Waals surface area contributed by atoms with Gasteiger partial charge in [-0.2, -0.15) is 0 Å². The summed E-state index contributed by atoms with van der Waals surface area (Å²) in [5, 5.41) is 17.5. The fraction of sp³-hybridized carbons (Fsp3) is 0.727. The number of aliphatic carboxylic acids is 2. The summed E-state index contributed by atoms with van der Waals surface area (Å²) in [6, 6.07) is 0. The van der Waals surface area contributed by atoms with E-state index in [1.54, 1.807) is 6.92 Å². The first-order valence-electron chi connectivity index (χ1n) is 6.27. The summed E-state index contributed by atoms with van der Waals surface area (Å²) in [5.41, 5.74) is -2.20. The summed E-state index contributed by atoms with van der Waals surface area (Å²) in [6.07, 6.45) is -0.0687. The Hall–Kier alpha value is -1.44. The Bertz CT molecular complexity index is 427. The Morgan fingerprint density at radius 2 is 1.76 bits per heavy atom. The Morgan fingerprint density at radius 1 is 1.19 bits per heavy atom. The highest BCUT2D eigenvalue weighted by atomic mass is 31.2. The molecule has 0 aliphatic heterocycles. The molecule has 0 fully saturated rings. The molecular weight excluding hydrogens is 307 g/mol. The van der Waals surface area contributed by atoms with Crippen LogP contribution in [0.25, 0.3) is 0 Å². The molecule has 21 heavy (non-hydrogen) atoms. The van der Waals surface area contributed by atoms with Gasteiger partial charge in [-0.3, -0.25) is 18.9 Å². The predicted molar refractivity (Wildman–Crippen MR) is 69.7 cm³/mol. The van der Waals surface area contributed by atoms with Crippen LogP contribution in [0.5, 0.6) is 0 Å². The average molecular weight is 326 g/mol. The maximum Gasteiger partial charge on any atom is 0.340 e. The van der Waals surface area contributed by atoms with Crippen molar-refractivity contribution in [1.82, 2.24) is 0 Å². The maximum absolute atomic E-state index is 11.7. The first-order valence-corrected chi connectivity index (χ1v) is 7.95. The highest BCUT2D eigenvalue weighted by Gasteiger charge is 2.46. The normalized spacial score (nSPS) is 14.2. The monoisotopic (exact) mass is 326 g/mol. The van der Waals surface area contributed by atoms with E-state index in [0.717, 1.165) is 0 Å². The summed E-state index contributed by atoms with van der Waals surface area (Å²) < 4.78 is 16.0. The Morgan fingerprint density at radius 3 is 2.14 bits per heavy atom. The number of carboxylic acid groups (broad SMARTS) is 2. The Labute approximate surface area is 121 Å². The Balaban J connectivity index is 5.15. The topological polar surface area (TPSA) is 158 Å². The minimum absolute atomic E-state index is 0.0862. The lowest BCUT2D eigenvalue weighted by atomic mass is 9.99. The highest BCUT2D eigenvalue weighted by molar-refractivity contribution is 7.53. The summed E-state index contributed by atoms with van der Waals surface area (Å²) in [7, 11) is -5.10. The molecule has 10 heteroatoms. The average Bonchev–Trinajstić information content (AvgIpc) is 2.32. The van der Waals surface area contributed by atoms with Crippen molar-refractivity contribution < 1.29 is 43.7 Å². The summed E-state index contributed by atoms with van der Waals surface area (Å²) >= 11 is 0. The molecule has 0 saturated carbocycles. The van der Waals surface area contributed by atoms with E-state index in [1.807, 2.05) is 0 Å². The van der Waals surface area contributed by atoms with Gasteiger partial charge in [-0.1, -0.05) is 13.3 Å². The number of hydrogen-bond acceptors (Lipinski definition) is 5. The van der Waals surface area contributed by atoms with Gasteiger partial charge in [-0.25, -0.2) is 0 Å². The third kappa shape index (κ3) is 7.22. The first kappa shape index (κ1) is 19.6. The van der Waals surface area contributed by atoms with Crippen molar-refractivity contribution in [3.05, 3.63) is 0 Å². The highest BCUT2D eigenvalue weighted by Crippen LogP contribution is 2.46. The Kier molecular flexibility index (Phi) is 8.16. The van der Waals surface area contributed by atoms with Gasteiger partial charge in [0.2, 0.25) is 0 Å². The first-order chi connectivity index (χ1) is 9.61. The minimum Gasteiger partial charge on any atom is -0.481 e. The van der Waals surface area contributed by atoms with Crippen LogP contribution >= 0.6 is 7.60 Å². The van der Waals surface area contributed by atoms with Crippen molar-refractivity contribution >= 4 is 25.5 Å². The zero-order chi connectivity index (χ0) is 16.6. The van der Waals surface area contributed by atoms with Crippen LogP contribution in [0.4, 0.5) is 0 Å². The van der Waals surface area contributed by atoms with Gasteiger partial charge in [0.25, 0.3) is 0 Å². The summed E-state index contributed by atoms with van der Waals surface area (Å²) in [5.74, 6) is -6.13. The molecule has 0 radical (unpaired) electrons. The van der Waals surface area contributed by atoms with Crippen molar-refractivity contribution in [2.24, 2.45) is 5.92 Å². The lowest BCUT2D eigenvalue weighted by molar-refractivity contribution is -0.152. The van der Waals surface area contributed by atoms with E-state index in [0.29, 0.717) is 12.8 Å². The number of esters is 1.